The van der Waals surface area contributed by atoms with Crippen LogP contribution in [0, 0.1) is 6.92 Å². The lowest BCUT2D eigenvalue weighted by molar-refractivity contribution is -0.147. The van der Waals surface area contributed by atoms with Gasteiger partial charge in [0.2, 0.25) is 5.91 Å². The second kappa shape index (κ2) is 11.6. The van der Waals surface area contributed by atoms with E-state index in [0.717, 1.165) is 5.56 Å². The van der Waals surface area contributed by atoms with Crippen molar-refractivity contribution in [2.75, 3.05) is 11.9 Å². The van der Waals surface area contributed by atoms with Crippen molar-refractivity contribution in [2.45, 2.75) is 26.2 Å². The lowest BCUT2D eigenvalue weighted by Gasteiger charge is -2.09. The number of esters is 1. The van der Waals surface area contributed by atoms with Crippen LogP contribution in [0.25, 0.3) is 0 Å². The lowest BCUT2D eigenvalue weighted by atomic mass is 10.2. The van der Waals surface area contributed by atoms with Crippen LogP contribution in [0.3, 0.4) is 0 Å². The Labute approximate surface area is 178 Å². The van der Waals surface area contributed by atoms with Crippen molar-refractivity contribution in [3.8, 4) is 0 Å². The molecule has 0 aliphatic carbocycles. The number of benzene rings is 2. The Kier molecular flexibility index (Phi) is 8.83. The fourth-order valence-electron chi connectivity index (χ4n) is 2.35. The molecule has 2 aromatic rings. The number of hydrogen-bond donors (Lipinski definition) is 3. The van der Waals surface area contributed by atoms with Gasteiger partial charge in [-0.05, 0) is 37.6 Å². The summed E-state index contributed by atoms with van der Waals surface area (Å²) in [6.45, 7) is 1.52. The molecule has 0 saturated heterocycles. The molecule has 0 aliphatic heterocycles. The molecule has 0 unspecified atom stereocenters. The van der Waals surface area contributed by atoms with Gasteiger partial charge in [-0.3, -0.25) is 30.0 Å². The quantitative estimate of drug-likeness (QED) is 0.439. The Morgan fingerprint density at radius 3 is 2.30 bits per heavy atom. The summed E-state index contributed by atoms with van der Waals surface area (Å²) < 4.78 is 4.88. The van der Waals surface area contributed by atoms with Crippen molar-refractivity contribution in [2.24, 2.45) is 0 Å². The van der Waals surface area contributed by atoms with E-state index in [1.54, 1.807) is 30.3 Å². The molecule has 0 saturated carbocycles. The summed E-state index contributed by atoms with van der Waals surface area (Å²) in [4.78, 5) is 47.2. The van der Waals surface area contributed by atoms with Crippen molar-refractivity contribution in [1.82, 2.24) is 10.9 Å². The molecule has 0 aliphatic rings. The van der Waals surface area contributed by atoms with E-state index in [9.17, 15) is 19.2 Å². The first kappa shape index (κ1) is 22.9. The maximum atomic E-state index is 11.9. The van der Waals surface area contributed by atoms with Gasteiger partial charge in [-0.25, -0.2) is 0 Å². The van der Waals surface area contributed by atoms with Crippen LogP contribution in [-0.4, -0.2) is 30.3 Å². The standard InChI is InChI=1S/C21H22ClN3O5/c1-14-9-11-15(12-10-14)23-19(27)13-30-20(28)8-4-7-18(26)24-25-21(29)16-5-2-3-6-17(16)22/h2-3,5-6,9-12H,4,7-8,13H2,1H3,(H,23,27)(H,24,26)(H,25,29). The molecule has 30 heavy (non-hydrogen) atoms. The smallest absolute Gasteiger partial charge is 0.306 e. The zero-order valence-electron chi connectivity index (χ0n) is 16.4. The first-order valence-electron chi connectivity index (χ1n) is 9.21. The minimum absolute atomic E-state index is 0.00648. The van der Waals surface area contributed by atoms with E-state index in [-0.39, 0.29) is 29.8 Å². The van der Waals surface area contributed by atoms with Crippen molar-refractivity contribution in [1.29, 1.82) is 0 Å². The molecule has 3 N–H and O–H groups in total. The van der Waals surface area contributed by atoms with Gasteiger partial charge in [0.25, 0.3) is 11.8 Å². The number of nitrogens with one attached hydrogen (secondary N) is 3. The van der Waals surface area contributed by atoms with Gasteiger partial charge < -0.3 is 10.1 Å². The highest BCUT2D eigenvalue weighted by atomic mass is 35.5. The minimum atomic E-state index is -0.595. The zero-order valence-corrected chi connectivity index (χ0v) is 17.1. The number of anilines is 1. The zero-order chi connectivity index (χ0) is 21.9. The highest BCUT2D eigenvalue weighted by Gasteiger charge is 2.12. The minimum Gasteiger partial charge on any atom is -0.456 e. The molecule has 2 rings (SSSR count). The molecule has 0 spiro atoms. The molecule has 0 radical (unpaired) electrons. The SMILES string of the molecule is Cc1ccc(NC(=O)COC(=O)CCCC(=O)NNC(=O)c2ccccc2Cl)cc1. The Balaban J connectivity index is 1.60. The maximum absolute atomic E-state index is 11.9. The fourth-order valence-corrected chi connectivity index (χ4v) is 2.57. The molecular weight excluding hydrogens is 410 g/mol. The summed E-state index contributed by atoms with van der Waals surface area (Å²) in [5.74, 6) is -2.07. The van der Waals surface area contributed by atoms with Crippen LogP contribution >= 0.6 is 11.6 Å². The Hall–Kier alpha value is -3.39. The van der Waals surface area contributed by atoms with Crippen LogP contribution in [0.2, 0.25) is 5.02 Å². The van der Waals surface area contributed by atoms with Gasteiger partial charge in [-0.2, -0.15) is 0 Å². The van der Waals surface area contributed by atoms with Crippen molar-refractivity contribution >= 4 is 41.0 Å². The molecule has 0 atom stereocenters. The van der Waals surface area contributed by atoms with E-state index < -0.39 is 30.3 Å². The maximum Gasteiger partial charge on any atom is 0.306 e. The van der Waals surface area contributed by atoms with E-state index in [4.69, 9.17) is 16.3 Å². The van der Waals surface area contributed by atoms with Gasteiger partial charge in [0.1, 0.15) is 0 Å². The predicted molar refractivity (Wildman–Crippen MR) is 112 cm³/mol. The van der Waals surface area contributed by atoms with Crippen LogP contribution in [0.15, 0.2) is 48.5 Å². The van der Waals surface area contributed by atoms with Gasteiger partial charge in [0.05, 0.1) is 10.6 Å². The number of aryl methyl sites for hydroxylation is 1. The number of hydrogen-bond acceptors (Lipinski definition) is 5. The second-order valence-corrected chi connectivity index (χ2v) is 6.82. The average molecular weight is 432 g/mol. The summed E-state index contributed by atoms with van der Waals surface area (Å²) in [5.41, 5.74) is 6.40. The average Bonchev–Trinajstić information content (AvgIpc) is 2.72. The van der Waals surface area contributed by atoms with E-state index in [1.807, 2.05) is 19.1 Å². The molecule has 8 nitrogen and oxygen atoms in total. The monoisotopic (exact) mass is 431 g/mol. The largest absolute Gasteiger partial charge is 0.456 e. The topological polar surface area (TPSA) is 114 Å². The Morgan fingerprint density at radius 1 is 0.900 bits per heavy atom. The molecular formula is C21H22ClN3O5. The lowest BCUT2D eigenvalue weighted by Crippen LogP contribution is -2.41. The Morgan fingerprint density at radius 2 is 1.60 bits per heavy atom. The normalized spacial score (nSPS) is 10.1. The molecule has 0 aromatic heterocycles. The van der Waals surface area contributed by atoms with Crippen molar-refractivity contribution < 1.29 is 23.9 Å². The number of rotatable bonds is 8. The summed E-state index contributed by atoms with van der Waals surface area (Å²) >= 11 is 5.90. The van der Waals surface area contributed by atoms with Gasteiger partial charge >= 0.3 is 5.97 Å². The van der Waals surface area contributed by atoms with Crippen LogP contribution in [0.5, 0.6) is 0 Å². The molecule has 0 heterocycles. The Bertz CT molecular complexity index is 915. The molecule has 3 amide bonds. The first-order chi connectivity index (χ1) is 14.3. The molecule has 0 bridgehead atoms. The van der Waals surface area contributed by atoms with Crippen LogP contribution in [0.1, 0.15) is 35.2 Å². The van der Waals surface area contributed by atoms with Gasteiger partial charge in [-0.15, -0.1) is 0 Å². The molecule has 158 valence electrons. The predicted octanol–water partition coefficient (Wildman–Crippen LogP) is 2.76. The van der Waals surface area contributed by atoms with Crippen molar-refractivity contribution in [3.05, 3.63) is 64.7 Å². The number of carbonyl (C=O) groups excluding carboxylic acids is 4. The van der Waals surface area contributed by atoms with Gasteiger partial charge in [0.15, 0.2) is 6.61 Å². The summed E-state index contributed by atoms with van der Waals surface area (Å²) in [6, 6.07) is 13.6. The third-order valence-electron chi connectivity index (χ3n) is 3.92. The molecule has 0 fully saturated rings. The van der Waals surface area contributed by atoms with Crippen molar-refractivity contribution in [3.63, 3.8) is 0 Å². The van der Waals surface area contributed by atoms with E-state index in [1.165, 1.54) is 6.07 Å². The first-order valence-corrected chi connectivity index (χ1v) is 9.59. The molecule has 9 heteroatoms. The summed E-state index contributed by atoms with van der Waals surface area (Å²) in [6.07, 6.45) is 0.156. The highest BCUT2D eigenvalue weighted by Crippen LogP contribution is 2.14. The van der Waals surface area contributed by atoms with Gasteiger partial charge in [0, 0.05) is 18.5 Å². The molecule has 2 aromatic carbocycles. The highest BCUT2D eigenvalue weighted by molar-refractivity contribution is 6.33. The van der Waals surface area contributed by atoms with E-state index >= 15 is 0 Å². The van der Waals surface area contributed by atoms with E-state index in [2.05, 4.69) is 16.2 Å². The number of amides is 3. The fraction of sp³-hybridized carbons (Fsp3) is 0.238. The van der Waals surface area contributed by atoms with Crippen LogP contribution in [-0.2, 0) is 19.1 Å². The van der Waals surface area contributed by atoms with E-state index in [0.29, 0.717) is 5.69 Å². The second-order valence-electron chi connectivity index (χ2n) is 6.41. The third kappa shape index (κ3) is 7.92. The summed E-state index contributed by atoms with van der Waals surface area (Å²) in [5, 5.41) is 2.88. The number of carbonyl (C=O) groups is 4. The van der Waals surface area contributed by atoms with Gasteiger partial charge in [-0.1, -0.05) is 41.4 Å². The van der Waals surface area contributed by atoms with Crippen LogP contribution in [0.4, 0.5) is 5.69 Å². The number of hydrazine groups is 1. The number of halogens is 1. The third-order valence-corrected chi connectivity index (χ3v) is 4.25. The number of ether oxygens (including phenoxy) is 1. The van der Waals surface area contributed by atoms with Crippen LogP contribution < -0.4 is 16.2 Å². The summed E-state index contributed by atoms with van der Waals surface area (Å²) in [7, 11) is 0.